The van der Waals surface area contributed by atoms with Gasteiger partial charge in [-0.25, -0.2) is 0 Å². The highest BCUT2D eigenvalue weighted by molar-refractivity contribution is 7.99. The van der Waals surface area contributed by atoms with Crippen LogP contribution in [0.15, 0.2) is 41.3 Å². The van der Waals surface area contributed by atoms with Crippen LogP contribution in [-0.4, -0.2) is 11.8 Å². The van der Waals surface area contributed by atoms with Gasteiger partial charge in [0.05, 0.1) is 0 Å². The smallest absolute Gasteiger partial charge is 0.0171 e. The maximum Gasteiger partial charge on any atom is 0.0171 e. The van der Waals surface area contributed by atoms with Gasteiger partial charge in [0.25, 0.3) is 0 Å². The second kappa shape index (κ2) is 6.77. The fraction of sp³-hybridized carbons (Fsp3) is 0.429. The highest BCUT2D eigenvalue weighted by Crippen LogP contribution is 2.20. The highest BCUT2D eigenvalue weighted by Gasteiger charge is 2.04. The van der Waals surface area contributed by atoms with E-state index in [0.29, 0.717) is 0 Å². The Morgan fingerprint density at radius 3 is 2.56 bits per heavy atom. The molecule has 0 amide bonds. The van der Waals surface area contributed by atoms with Crippen molar-refractivity contribution in [3.05, 3.63) is 42.0 Å². The zero-order valence-electron chi connectivity index (χ0n) is 10.2. The molecule has 1 aromatic rings. The lowest BCUT2D eigenvalue weighted by atomic mass is 10.1. The van der Waals surface area contributed by atoms with Gasteiger partial charge in [-0.15, -0.1) is 11.8 Å². The number of thioether (sulfide) groups is 1. The molecule has 16 heavy (non-hydrogen) atoms. The van der Waals surface area contributed by atoms with E-state index in [9.17, 15) is 0 Å². The summed E-state index contributed by atoms with van der Waals surface area (Å²) >= 11 is 1.82. The van der Waals surface area contributed by atoms with Gasteiger partial charge in [0, 0.05) is 16.7 Å². The van der Waals surface area contributed by atoms with Crippen LogP contribution < -0.4 is 5.73 Å². The lowest BCUT2D eigenvalue weighted by molar-refractivity contribution is 0.726. The van der Waals surface area contributed by atoms with Gasteiger partial charge in [-0.3, -0.25) is 0 Å². The molecule has 0 aliphatic heterocycles. The highest BCUT2D eigenvalue weighted by atomic mass is 32.2. The molecule has 2 heteroatoms. The summed E-state index contributed by atoms with van der Waals surface area (Å²) in [6.07, 6.45) is 1.97. The Labute approximate surface area is 103 Å². The minimum Gasteiger partial charge on any atom is -0.327 e. The van der Waals surface area contributed by atoms with Crippen LogP contribution in [0.2, 0.25) is 0 Å². The molecule has 0 radical (unpaired) electrons. The van der Waals surface area contributed by atoms with Gasteiger partial charge in [0.2, 0.25) is 0 Å². The second-order valence-electron chi connectivity index (χ2n) is 4.19. The molecule has 0 heterocycles. The van der Waals surface area contributed by atoms with E-state index < -0.39 is 0 Å². The third-order valence-corrected chi connectivity index (χ3v) is 3.74. The van der Waals surface area contributed by atoms with E-state index in [1.807, 2.05) is 11.8 Å². The molecule has 0 saturated carbocycles. The zero-order chi connectivity index (χ0) is 12.0. The molecule has 0 spiro atoms. The molecule has 1 aromatic carbocycles. The number of nitrogens with two attached hydrogens (primary N) is 1. The number of benzene rings is 1. The largest absolute Gasteiger partial charge is 0.327 e. The molecular formula is C14H21NS. The summed E-state index contributed by atoms with van der Waals surface area (Å²) in [7, 11) is 0. The average Bonchev–Trinajstić information content (AvgIpc) is 2.28. The van der Waals surface area contributed by atoms with Crippen molar-refractivity contribution in [2.24, 2.45) is 5.73 Å². The standard InChI is InChI=1S/C14H21NS/c1-4-11(2)9-13(15)10-16-14-7-5-12(3)6-8-14/h5-8,13H,2,4,9-10,15H2,1,3H3. The number of hydrogen-bond donors (Lipinski definition) is 1. The van der Waals surface area contributed by atoms with Crippen molar-refractivity contribution in [3.8, 4) is 0 Å². The lowest BCUT2D eigenvalue weighted by Crippen LogP contribution is -2.23. The molecule has 0 bridgehead atoms. The van der Waals surface area contributed by atoms with Gasteiger partial charge >= 0.3 is 0 Å². The van der Waals surface area contributed by atoms with Crippen molar-refractivity contribution in [2.75, 3.05) is 5.75 Å². The minimum absolute atomic E-state index is 0.221. The first-order valence-corrected chi connectivity index (χ1v) is 6.72. The molecular weight excluding hydrogens is 214 g/mol. The molecule has 1 atom stereocenters. The van der Waals surface area contributed by atoms with Crippen LogP contribution in [0.5, 0.6) is 0 Å². The van der Waals surface area contributed by atoms with Gasteiger partial charge in [0.1, 0.15) is 0 Å². The summed E-state index contributed by atoms with van der Waals surface area (Å²) in [6, 6.07) is 8.80. The van der Waals surface area contributed by atoms with Crippen LogP contribution in [-0.2, 0) is 0 Å². The van der Waals surface area contributed by atoms with Crippen molar-refractivity contribution in [3.63, 3.8) is 0 Å². The Morgan fingerprint density at radius 1 is 1.38 bits per heavy atom. The van der Waals surface area contributed by atoms with Crippen LogP contribution in [0.4, 0.5) is 0 Å². The predicted molar refractivity (Wildman–Crippen MR) is 73.9 cm³/mol. The van der Waals surface area contributed by atoms with Crippen LogP contribution in [0, 0.1) is 6.92 Å². The number of aryl methyl sites for hydroxylation is 1. The molecule has 0 aliphatic rings. The average molecular weight is 235 g/mol. The van der Waals surface area contributed by atoms with Crippen molar-refractivity contribution >= 4 is 11.8 Å². The van der Waals surface area contributed by atoms with Crippen molar-refractivity contribution in [1.29, 1.82) is 0 Å². The van der Waals surface area contributed by atoms with Gasteiger partial charge in [-0.1, -0.05) is 36.8 Å². The van der Waals surface area contributed by atoms with Gasteiger partial charge in [-0.2, -0.15) is 0 Å². The third-order valence-electron chi connectivity index (χ3n) is 2.54. The first-order valence-electron chi connectivity index (χ1n) is 5.73. The summed E-state index contributed by atoms with van der Waals surface area (Å²) in [5, 5.41) is 0. The SMILES string of the molecule is C=C(CC)CC(N)CSc1ccc(C)cc1. The van der Waals surface area contributed by atoms with E-state index in [0.717, 1.165) is 18.6 Å². The normalized spacial score (nSPS) is 12.4. The van der Waals surface area contributed by atoms with Gasteiger partial charge < -0.3 is 5.73 Å². The number of hydrogen-bond acceptors (Lipinski definition) is 2. The molecule has 1 unspecified atom stereocenters. The van der Waals surface area contributed by atoms with Gasteiger partial charge in [0.15, 0.2) is 0 Å². The Kier molecular flexibility index (Phi) is 5.64. The summed E-state index contributed by atoms with van der Waals surface area (Å²) < 4.78 is 0. The predicted octanol–water partition coefficient (Wildman–Crippen LogP) is 3.77. The van der Waals surface area contributed by atoms with E-state index in [-0.39, 0.29) is 6.04 Å². The van der Waals surface area contributed by atoms with Crippen molar-refractivity contribution in [1.82, 2.24) is 0 Å². The van der Waals surface area contributed by atoms with Crippen LogP contribution in [0.3, 0.4) is 0 Å². The topological polar surface area (TPSA) is 26.0 Å². The number of rotatable bonds is 6. The Morgan fingerprint density at radius 2 is 2.00 bits per heavy atom. The minimum atomic E-state index is 0.221. The Hall–Kier alpha value is -0.730. The van der Waals surface area contributed by atoms with Crippen molar-refractivity contribution < 1.29 is 0 Å². The Bertz CT molecular complexity index is 329. The van der Waals surface area contributed by atoms with Crippen LogP contribution in [0.1, 0.15) is 25.3 Å². The van der Waals surface area contributed by atoms with E-state index in [4.69, 9.17) is 5.73 Å². The molecule has 0 aliphatic carbocycles. The summed E-state index contributed by atoms with van der Waals surface area (Å²) in [5.74, 6) is 0.960. The summed E-state index contributed by atoms with van der Waals surface area (Å²) in [6.45, 7) is 8.22. The van der Waals surface area contributed by atoms with E-state index in [1.165, 1.54) is 16.0 Å². The molecule has 88 valence electrons. The fourth-order valence-electron chi connectivity index (χ4n) is 1.41. The Balaban J connectivity index is 2.34. The molecule has 2 N–H and O–H groups in total. The van der Waals surface area contributed by atoms with E-state index >= 15 is 0 Å². The quantitative estimate of drug-likeness (QED) is 0.600. The van der Waals surface area contributed by atoms with Gasteiger partial charge in [-0.05, 0) is 31.9 Å². The maximum absolute atomic E-state index is 6.05. The van der Waals surface area contributed by atoms with E-state index in [1.54, 1.807) is 0 Å². The first-order chi connectivity index (χ1) is 7.61. The van der Waals surface area contributed by atoms with E-state index in [2.05, 4.69) is 44.7 Å². The summed E-state index contributed by atoms with van der Waals surface area (Å²) in [5.41, 5.74) is 8.59. The molecule has 0 fully saturated rings. The van der Waals surface area contributed by atoms with Crippen LogP contribution >= 0.6 is 11.8 Å². The lowest BCUT2D eigenvalue weighted by Gasteiger charge is -2.12. The molecule has 1 nitrogen and oxygen atoms in total. The first kappa shape index (κ1) is 13.3. The molecule has 0 saturated heterocycles. The molecule has 0 aromatic heterocycles. The second-order valence-corrected chi connectivity index (χ2v) is 5.29. The fourth-order valence-corrected chi connectivity index (χ4v) is 2.26. The van der Waals surface area contributed by atoms with Crippen LogP contribution in [0.25, 0.3) is 0 Å². The zero-order valence-corrected chi connectivity index (χ0v) is 11.0. The summed E-state index contributed by atoms with van der Waals surface area (Å²) in [4.78, 5) is 1.29. The van der Waals surface area contributed by atoms with Crippen molar-refractivity contribution in [2.45, 2.75) is 37.6 Å². The maximum atomic E-state index is 6.05. The third kappa shape index (κ3) is 4.86. The monoisotopic (exact) mass is 235 g/mol. The molecule has 1 rings (SSSR count).